The van der Waals surface area contributed by atoms with Gasteiger partial charge in [-0.3, -0.25) is 14.5 Å². The molecule has 2 aromatic rings. The van der Waals surface area contributed by atoms with E-state index in [1.165, 1.54) is 11.3 Å². The maximum Gasteiger partial charge on any atom is 0.286 e. The van der Waals surface area contributed by atoms with Crippen LogP contribution in [0.1, 0.15) is 32.1 Å². The predicted octanol–water partition coefficient (Wildman–Crippen LogP) is 1.47. The molecule has 3 rings (SSSR count). The van der Waals surface area contributed by atoms with Gasteiger partial charge in [0.1, 0.15) is 5.01 Å². The molecule has 8 nitrogen and oxygen atoms in total. The van der Waals surface area contributed by atoms with Crippen LogP contribution < -0.4 is 10.6 Å². The Balaban J connectivity index is 1.43. The van der Waals surface area contributed by atoms with Crippen molar-refractivity contribution in [2.45, 2.75) is 13.8 Å². The van der Waals surface area contributed by atoms with Crippen LogP contribution in [0.15, 0.2) is 24.3 Å². The summed E-state index contributed by atoms with van der Waals surface area (Å²) in [6, 6.07) is 6.84. The first kappa shape index (κ1) is 20.4. The topological polar surface area (TPSA) is 90.5 Å². The molecule has 1 saturated heterocycles. The Morgan fingerprint density at radius 2 is 1.71 bits per heavy atom. The summed E-state index contributed by atoms with van der Waals surface area (Å²) in [5.74, 6) is -0.407. The molecule has 0 bridgehead atoms. The summed E-state index contributed by atoms with van der Waals surface area (Å²) in [6.45, 7) is 10.8. The van der Waals surface area contributed by atoms with E-state index in [4.69, 9.17) is 0 Å². The van der Waals surface area contributed by atoms with Gasteiger partial charge in [-0.25, -0.2) is 0 Å². The third-order valence-electron chi connectivity index (χ3n) is 4.75. The molecule has 2 N–H and O–H groups in total. The molecule has 0 spiro atoms. The molecule has 2 amide bonds. The van der Waals surface area contributed by atoms with Gasteiger partial charge in [0.2, 0.25) is 5.01 Å². The van der Waals surface area contributed by atoms with Crippen molar-refractivity contribution in [3.05, 3.63) is 39.8 Å². The van der Waals surface area contributed by atoms with Crippen molar-refractivity contribution >= 4 is 28.8 Å². The lowest BCUT2D eigenvalue weighted by Gasteiger charge is -2.33. The Hall–Kier alpha value is -2.36. The number of carbonyl (C=O) groups excluding carboxylic acids is 2. The second-order valence-electron chi connectivity index (χ2n) is 6.69. The summed E-state index contributed by atoms with van der Waals surface area (Å²) in [6.07, 6.45) is 0. The first-order valence-electron chi connectivity index (χ1n) is 9.49. The predicted molar refractivity (Wildman–Crippen MR) is 110 cm³/mol. The molecule has 0 unspecified atom stereocenters. The van der Waals surface area contributed by atoms with Crippen LogP contribution in [0.5, 0.6) is 0 Å². The number of hydrogen-bond donors (Lipinski definition) is 2. The van der Waals surface area contributed by atoms with Crippen LogP contribution in [0.4, 0.5) is 5.69 Å². The molecule has 28 heavy (non-hydrogen) atoms. The molecular weight excluding hydrogens is 376 g/mol. The molecule has 0 radical (unpaired) electrons. The average molecular weight is 403 g/mol. The molecule has 1 aromatic carbocycles. The van der Waals surface area contributed by atoms with Gasteiger partial charge in [-0.05, 0) is 37.7 Å². The van der Waals surface area contributed by atoms with E-state index in [2.05, 4.69) is 37.6 Å². The van der Waals surface area contributed by atoms with E-state index in [1.807, 2.05) is 0 Å². The lowest BCUT2D eigenvalue weighted by atomic mass is 10.2. The minimum absolute atomic E-state index is 0.107. The molecule has 150 valence electrons. The van der Waals surface area contributed by atoms with Crippen LogP contribution >= 0.6 is 11.3 Å². The van der Waals surface area contributed by atoms with Crippen molar-refractivity contribution < 1.29 is 9.59 Å². The van der Waals surface area contributed by atoms with Gasteiger partial charge in [0.25, 0.3) is 11.8 Å². The molecule has 1 aliphatic heterocycles. The zero-order chi connectivity index (χ0) is 19.9. The number of nitrogens with zero attached hydrogens (tertiary/aromatic N) is 4. The summed E-state index contributed by atoms with van der Waals surface area (Å²) in [4.78, 5) is 29.2. The highest BCUT2D eigenvalue weighted by molar-refractivity contribution is 7.13. The van der Waals surface area contributed by atoms with Crippen LogP contribution in [0.25, 0.3) is 0 Å². The first-order chi connectivity index (χ1) is 13.5. The quantitative estimate of drug-likeness (QED) is 0.729. The van der Waals surface area contributed by atoms with Gasteiger partial charge in [0, 0.05) is 50.5 Å². The Bertz CT molecular complexity index is 799. The highest BCUT2D eigenvalue weighted by atomic mass is 32.1. The lowest BCUT2D eigenvalue weighted by molar-refractivity contribution is 0.0937. The molecule has 9 heteroatoms. The minimum Gasteiger partial charge on any atom is -0.351 e. The van der Waals surface area contributed by atoms with Crippen LogP contribution in [-0.4, -0.2) is 77.6 Å². The van der Waals surface area contributed by atoms with Crippen LogP contribution in [0.3, 0.4) is 0 Å². The second-order valence-corrected chi connectivity index (χ2v) is 7.87. The summed E-state index contributed by atoms with van der Waals surface area (Å²) in [5.41, 5.74) is 1.18. The van der Waals surface area contributed by atoms with E-state index in [1.54, 1.807) is 31.2 Å². The van der Waals surface area contributed by atoms with E-state index in [0.717, 1.165) is 44.3 Å². The molecular formula is C19H26N6O2S. The number of piperazine rings is 1. The van der Waals surface area contributed by atoms with Gasteiger partial charge in [-0.1, -0.05) is 18.3 Å². The summed E-state index contributed by atoms with van der Waals surface area (Å²) in [5, 5.41) is 14.4. The number of hydrogen-bond acceptors (Lipinski definition) is 7. The van der Waals surface area contributed by atoms with E-state index >= 15 is 0 Å². The number of aryl methyl sites for hydroxylation is 1. The molecule has 1 aromatic heterocycles. The van der Waals surface area contributed by atoms with Gasteiger partial charge in [0.15, 0.2) is 0 Å². The lowest BCUT2D eigenvalue weighted by Crippen LogP contribution is -2.48. The van der Waals surface area contributed by atoms with Crippen molar-refractivity contribution in [2.24, 2.45) is 0 Å². The molecule has 0 saturated carbocycles. The fourth-order valence-corrected chi connectivity index (χ4v) is 3.62. The van der Waals surface area contributed by atoms with Gasteiger partial charge < -0.3 is 15.5 Å². The van der Waals surface area contributed by atoms with Crippen molar-refractivity contribution in [1.82, 2.24) is 25.3 Å². The summed E-state index contributed by atoms with van der Waals surface area (Å²) in [7, 11) is 0. The van der Waals surface area contributed by atoms with Crippen LogP contribution in [0, 0.1) is 6.92 Å². The van der Waals surface area contributed by atoms with E-state index in [-0.39, 0.29) is 11.8 Å². The third-order valence-corrected chi connectivity index (χ3v) is 5.59. The zero-order valence-corrected chi connectivity index (χ0v) is 17.1. The van der Waals surface area contributed by atoms with Crippen LogP contribution in [-0.2, 0) is 0 Å². The number of rotatable bonds is 7. The number of benzene rings is 1. The van der Waals surface area contributed by atoms with Gasteiger partial charge in [-0.15, -0.1) is 10.2 Å². The smallest absolute Gasteiger partial charge is 0.286 e. The average Bonchev–Trinajstić information content (AvgIpc) is 3.15. The van der Waals surface area contributed by atoms with E-state index < -0.39 is 0 Å². The number of aromatic nitrogens is 2. The van der Waals surface area contributed by atoms with Crippen LogP contribution in [0.2, 0.25) is 0 Å². The molecule has 0 aliphatic carbocycles. The largest absolute Gasteiger partial charge is 0.351 e. The SMILES string of the molecule is CCN1CCN(CCNC(=O)c2ccc(NC(=O)c3nnc(C)s3)cc2)CC1. The molecule has 2 heterocycles. The number of anilines is 1. The zero-order valence-electron chi connectivity index (χ0n) is 16.3. The molecule has 1 fully saturated rings. The Kier molecular flexibility index (Phi) is 7.07. The number of carbonyl (C=O) groups is 2. The van der Waals surface area contributed by atoms with Crippen molar-refractivity contribution in [3.8, 4) is 0 Å². The minimum atomic E-state index is -0.300. The standard InChI is InChI=1S/C19H26N6O2S/c1-3-24-10-12-25(13-11-24)9-8-20-17(26)15-4-6-16(7-5-15)21-18(27)19-23-22-14(2)28-19/h4-7H,3,8-13H2,1-2H3,(H,20,26)(H,21,27). The fourth-order valence-electron chi connectivity index (χ4n) is 3.04. The summed E-state index contributed by atoms with van der Waals surface area (Å²) >= 11 is 1.24. The number of nitrogens with one attached hydrogen (secondary N) is 2. The maximum atomic E-state index is 12.3. The van der Waals surface area contributed by atoms with E-state index in [9.17, 15) is 9.59 Å². The van der Waals surface area contributed by atoms with Gasteiger partial charge >= 0.3 is 0 Å². The fraction of sp³-hybridized carbons (Fsp3) is 0.474. The Morgan fingerprint density at radius 3 is 2.32 bits per heavy atom. The highest BCUT2D eigenvalue weighted by Crippen LogP contribution is 2.13. The van der Waals surface area contributed by atoms with E-state index in [0.29, 0.717) is 22.8 Å². The normalized spacial score (nSPS) is 15.4. The monoisotopic (exact) mass is 402 g/mol. The molecule has 0 atom stereocenters. The highest BCUT2D eigenvalue weighted by Gasteiger charge is 2.15. The first-order valence-corrected chi connectivity index (χ1v) is 10.3. The summed E-state index contributed by atoms with van der Waals surface area (Å²) < 4.78 is 0. The molecule has 1 aliphatic rings. The maximum absolute atomic E-state index is 12.3. The van der Waals surface area contributed by atoms with Gasteiger partial charge in [-0.2, -0.15) is 0 Å². The van der Waals surface area contributed by atoms with Crippen molar-refractivity contribution in [3.63, 3.8) is 0 Å². The number of likely N-dealkylation sites (N-methyl/N-ethyl adjacent to an activating group) is 1. The van der Waals surface area contributed by atoms with Crippen molar-refractivity contribution in [2.75, 3.05) is 51.1 Å². The van der Waals surface area contributed by atoms with Gasteiger partial charge in [0.05, 0.1) is 0 Å². The second kappa shape index (κ2) is 9.72. The van der Waals surface area contributed by atoms with Crippen molar-refractivity contribution in [1.29, 1.82) is 0 Å². The Morgan fingerprint density at radius 1 is 1.04 bits per heavy atom. The Labute approximate surface area is 168 Å². The number of amides is 2. The third kappa shape index (κ3) is 5.57.